The number of nitrogens with zero attached hydrogens (tertiary/aromatic N) is 2. The summed E-state index contributed by atoms with van der Waals surface area (Å²) in [4.78, 5) is 4.49. The van der Waals surface area contributed by atoms with Crippen LogP contribution in [0.3, 0.4) is 0 Å². The van der Waals surface area contributed by atoms with Crippen molar-refractivity contribution in [3.8, 4) is 0 Å². The minimum atomic E-state index is -2.80. The molecule has 0 radical (unpaired) electrons. The molecule has 2 unspecified atom stereocenters. The summed E-state index contributed by atoms with van der Waals surface area (Å²) in [6.45, 7) is 4.54. The lowest BCUT2D eigenvalue weighted by Crippen LogP contribution is -2.52. The van der Waals surface area contributed by atoms with Crippen LogP contribution >= 0.6 is 0 Å². The maximum Gasteiger partial charge on any atom is 0.151 e. The summed E-state index contributed by atoms with van der Waals surface area (Å²) in [6.07, 6.45) is 0.331. The topological polar surface area (TPSA) is 70.1 Å². The van der Waals surface area contributed by atoms with Crippen LogP contribution in [0.5, 0.6) is 0 Å². The molecule has 0 aromatic carbocycles. The summed E-state index contributed by atoms with van der Waals surface area (Å²) in [5.74, 6) is 0.656. The van der Waals surface area contributed by atoms with Crippen LogP contribution in [0.1, 0.15) is 6.42 Å². The van der Waals surface area contributed by atoms with E-state index in [1.807, 2.05) is 0 Å². The molecular weight excluding hydrogens is 268 g/mol. The van der Waals surface area contributed by atoms with Gasteiger partial charge in [-0.3, -0.25) is 9.80 Å². The van der Waals surface area contributed by atoms with Crippen molar-refractivity contribution in [3.63, 3.8) is 0 Å². The fraction of sp³-hybridized carbons (Fsp3) is 1.00. The number of piperazine rings is 1. The molecule has 7 heteroatoms. The third-order valence-electron chi connectivity index (χ3n) is 3.96. The highest BCUT2D eigenvalue weighted by atomic mass is 32.2. The molecule has 0 saturated carbocycles. The number of β-amino-alcohol motifs (C(OH)–C–C–N with tert-alkyl or cyclic N) is 1. The molecular formula is C12H24N2O4S. The van der Waals surface area contributed by atoms with E-state index in [-0.39, 0.29) is 6.04 Å². The molecule has 2 aliphatic heterocycles. The molecule has 0 aromatic heterocycles. The van der Waals surface area contributed by atoms with Gasteiger partial charge in [0.15, 0.2) is 9.84 Å². The number of rotatable bonds is 5. The van der Waals surface area contributed by atoms with Crippen molar-refractivity contribution >= 4 is 9.84 Å². The monoisotopic (exact) mass is 292 g/mol. The van der Waals surface area contributed by atoms with Crippen LogP contribution < -0.4 is 0 Å². The predicted molar refractivity (Wildman–Crippen MR) is 73.0 cm³/mol. The van der Waals surface area contributed by atoms with Gasteiger partial charge in [-0.25, -0.2) is 8.42 Å². The lowest BCUT2D eigenvalue weighted by Gasteiger charge is -2.38. The molecule has 0 amide bonds. The first-order valence-corrected chi connectivity index (χ1v) is 8.66. The molecule has 0 spiro atoms. The molecule has 0 bridgehead atoms. The van der Waals surface area contributed by atoms with Crippen molar-refractivity contribution in [1.82, 2.24) is 9.80 Å². The van der Waals surface area contributed by atoms with Crippen LogP contribution in [-0.2, 0) is 14.6 Å². The summed E-state index contributed by atoms with van der Waals surface area (Å²) in [6, 6.07) is 0.205. The van der Waals surface area contributed by atoms with E-state index in [2.05, 4.69) is 9.80 Å². The van der Waals surface area contributed by atoms with E-state index in [1.54, 1.807) is 7.11 Å². The van der Waals surface area contributed by atoms with Gasteiger partial charge in [-0.1, -0.05) is 0 Å². The fourth-order valence-corrected chi connectivity index (χ4v) is 4.68. The van der Waals surface area contributed by atoms with Gasteiger partial charge >= 0.3 is 0 Å². The number of hydrogen-bond donors (Lipinski definition) is 1. The molecule has 112 valence electrons. The average Bonchev–Trinajstić information content (AvgIpc) is 2.71. The minimum Gasteiger partial charge on any atom is -0.389 e. The Balaban J connectivity index is 1.74. The molecule has 2 atom stereocenters. The minimum absolute atomic E-state index is 0.205. The Hall–Kier alpha value is -0.210. The van der Waals surface area contributed by atoms with E-state index < -0.39 is 15.9 Å². The molecule has 19 heavy (non-hydrogen) atoms. The summed E-state index contributed by atoms with van der Waals surface area (Å²) in [5, 5.41) is 9.69. The van der Waals surface area contributed by atoms with Gasteiger partial charge in [0.2, 0.25) is 0 Å². The van der Waals surface area contributed by atoms with Crippen LogP contribution in [0, 0.1) is 0 Å². The maximum atomic E-state index is 11.5. The third-order valence-corrected chi connectivity index (χ3v) is 5.71. The van der Waals surface area contributed by atoms with Crippen molar-refractivity contribution in [2.75, 3.05) is 57.9 Å². The molecule has 2 saturated heterocycles. The fourth-order valence-electron chi connectivity index (χ4n) is 2.92. The van der Waals surface area contributed by atoms with Crippen molar-refractivity contribution in [2.45, 2.75) is 18.6 Å². The SMILES string of the molecule is COCC(O)CN1CCN(C2CCS(=O)(=O)C2)CC1. The van der Waals surface area contributed by atoms with Gasteiger partial charge in [0, 0.05) is 45.9 Å². The van der Waals surface area contributed by atoms with Gasteiger partial charge < -0.3 is 9.84 Å². The van der Waals surface area contributed by atoms with Crippen molar-refractivity contribution in [2.24, 2.45) is 0 Å². The normalized spacial score (nSPS) is 30.5. The van der Waals surface area contributed by atoms with Crippen molar-refractivity contribution < 1.29 is 18.3 Å². The molecule has 1 N–H and O–H groups in total. The zero-order valence-electron chi connectivity index (χ0n) is 11.5. The first kappa shape index (κ1) is 15.2. The summed E-state index contributed by atoms with van der Waals surface area (Å²) < 4.78 is 27.9. The standard InChI is InChI=1S/C12H24N2O4S/c1-18-9-12(15)8-13-3-5-14(6-4-13)11-2-7-19(16,17)10-11/h11-12,15H,2-10H2,1H3. The number of hydrogen-bond acceptors (Lipinski definition) is 6. The Morgan fingerprint density at radius 1 is 1.32 bits per heavy atom. The van der Waals surface area contributed by atoms with Crippen molar-refractivity contribution in [1.29, 1.82) is 0 Å². The third kappa shape index (κ3) is 4.39. The predicted octanol–water partition coefficient (Wildman–Crippen LogP) is -1.20. The van der Waals surface area contributed by atoms with Crippen LogP contribution in [0.4, 0.5) is 0 Å². The molecule has 2 fully saturated rings. The largest absolute Gasteiger partial charge is 0.389 e. The molecule has 2 rings (SSSR count). The Morgan fingerprint density at radius 2 is 2.00 bits per heavy atom. The van der Waals surface area contributed by atoms with Crippen LogP contribution in [0.2, 0.25) is 0 Å². The molecule has 2 heterocycles. The van der Waals surface area contributed by atoms with E-state index in [0.717, 1.165) is 32.6 Å². The van der Waals surface area contributed by atoms with Crippen LogP contribution in [-0.4, -0.2) is 93.4 Å². The van der Waals surface area contributed by atoms with Gasteiger partial charge in [-0.15, -0.1) is 0 Å². The number of ether oxygens (including phenoxy) is 1. The lowest BCUT2D eigenvalue weighted by atomic mass is 10.2. The zero-order valence-corrected chi connectivity index (χ0v) is 12.3. The van der Waals surface area contributed by atoms with Crippen LogP contribution in [0.15, 0.2) is 0 Å². The van der Waals surface area contributed by atoms with Gasteiger partial charge in [0.25, 0.3) is 0 Å². The average molecular weight is 292 g/mol. The summed E-state index contributed by atoms with van der Waals surface area (Å²) >= 11 is 0. The Bertz CT molecular complexity index is 379. The zero-order chi connectivity index (χ0) is 13.9. The second kappa shape index (κ2) is 6.49. The number of methoxy groups -OCH3 is 1. The second-order valence-electron chi connectivity index (χ2n) is 5.50. The number of sulfone groups is 1. The number of aliphatic hydroxyl groups excluding tert-OH is 1. The highest BCUT2D eigenvalue weighted by Gasteiger charge is 2.33. The Kier molecular flexibility index (Phi) is 5.19. The van der Waals surface area contributed by atoms with Crippen LogP contribution in [0.25, 0.3) is 0 Å². The molecule has 2 aliphatic rings. The lowest BCUT2D eigenvalue weighted by molar-refractivity contribution is 0.0196. The highest BCUT2D eigenvalue weighted by molar-refractivity contribution is 7.91. The van der Waals surface area contributed by atoms with Gasteiger partial charge in [-0.2, -0.15) is 0 Å². The Labute approximate surface area is 115 Å². The second-order valence-corrected chi connectivity index (χ2v) is 7.73. The van der Waals surface area contributed by atoms with Gasteiger partial charge in [0.05, 0.1) is 24.2 Å². The Morgan fingerprint density at radius 3 is 2.53 bits per heavy atom. The van der Waals surface area contributed by atoms with E-state index in [1.165, 1.54) is 0 Å². The van der Waals surface area contributed by atoms with Gasteiger partial charge in [0.1, 0.15) is 0 Å². The van der Waals surface area contributed by atoms with Crippen molar-refractivity contribution in [3.05, 3.63) is 0 Å². The maximum absolute atomic E-state index is 11.5. The molecule has 6 nitrogen and oxygen atoms in total. The van der Waals surface area contributed by atoms with E-state index in [4.69, 9.17) is 4.74 Å². The first-order valence-electron chi connectivity index (χ1n) is 6.84. The molecule has 0 aromatic rings. The summed E-state index contributed by atoms with van der Waals surface area (Å²) in [7, 11) is -1.21. The van der Waals surface area contributed by atoms with E-state index >= 15 is 0 Å². The van der Waals surface area contributed by atoms with E-state index in [0.29, 0.717) is 24.7 Å². The van der Waals surface area contributed by atoms with Gasteiger partial charge in [-0.05, 0) is 6.42 Å². The van der Waals surface area contributed by atoms with E-state index in [9.17, 15) is 13.5 Å². The smallest absolute Gasteiger partial charge is 0.151 e. The molecule has 0 aliphatic carbocycles. The number of aliphatic hydroxyl groups is 1. The quantitative estimate of drug-likeness (QED) is 0.686. The highest BCUT2D eigenvalue weighted by Crippen LogP contribution is 2.19. The first-order chi connectivity index (χ1) is 9.00. The summed E-state index contributed by atoms with van der Waals surface area (Å²) in [5.41, 5.74) is 0.